The molecule has 5 nitrogen and oxygen atoms in total. The maximum Gasteiger partial charge on any atom is 0.314 e. The largest absolute Gasteiger partial charge is 0.446 e. The Morgan fingerprint density at radius 3 is 2.76 bits per heavy atom. The molecule has 0 atom stereocenters. The molecule has 0 aliphatic rings. The Morgan fingerprint density at radius 1 is 1.38 bits per heavy atom. The van der Waals surface area contributed by atoms with Crippen LogP contribution in [-0.2, 0) is 6.54 Å². The molecule has 0 aliphatic carbocycles. The lowest BCUT2D eigenvalue weighted by molar-refractivity contribution is -0.385. The van der Waals surface area contributed by atoms with Crippen molar-refractivity contribution in [1.29, 1.82) is 0 Å². The summed E-state index contributed by atoms with van der Waals surface area (Å²) in [6, 6.07) is 8.81. The normalized spacial score (nSPS) is 10.4. The minimum atomic E-state index is -0.782. The number of nitrogens with zero attached hydrogens (tertiary/aromatic N) is 1. The van der Waals surface area contributed by atoms with E-state index in [0.29, 0.717) is 16.8 Å². The molecule has 2 rings (SSSR count). The molecule has 110 valence electrons. The maximum absolute atomic E-state index is 13.8. The first-order valence-electron chi connectivity index (χ1n) is 6.06. The van der Waals surface area contributed by atoms with Crippen molar-refractivity contribution in [3.63, 3.8) is 0 Å². The summed E-state index contributed by atoms with van der Waals surface area (Å²) in [5.41, 5.74) is 0.584. The Hall–Kier alpha value is -1.99. The zero-order valence-corrected chi connectivity index (χ0v) is 12.7. The van der Waals surface area contributed by atoms with Gasteiger partial charge in [0.25, 0.3) is 0 Å². The van der Waals surface area contributed by atoms with Gasteiger partial charge in [-0.2, -0.15) is 0 Å². The van der Waals surface area contributed by atoms with Gasteiger partial charge in [-0.05, 0) is 46.7 Å². The summed E-state index contributed by atoms with van der Waals surface area (Å²) in [5.74, 6) is -0.872. The van der Waals surface area contributed by atoms with E-state index >= 15 is 0 Å². The number of hydrogen-bond donors (Lipinski definition) is 1. The van der Waals surface area contributed by atoms with Crippen molar-refractivity contribution < 1.29 is 14.1 Å². The number of rotatable bonds is 5. The van der Waals surface area contributed by atoms with E-state index < -0.39 is 22.2 Å². The molecule has 0 aromatic heterocycles. The van der Waals surface area contributed by atoms with Crippen LogP contribution in [0, 0.1) is 15.9 Å². The van der Waals surface area contributed by atoms with Gasteiger partial charge in [0, 0.05) is 12.6 Å². The first kappa shape index (κ1) is 15.4. The topological polar surface area (TPSA) is 64.4 Å². The van der Waals surface area contributed by atoms with Gasteiger partial charge < -0.3 is 10.1 Å². The van der Waals surface area contributed by atoms with Gasteiger partial charge in [-0.1, -0.05) is 12.1 Å². The lowest BCUT2D eigenvalue weighted by Gasteiger charge is -2.10. The fourth-order valence-corrected chi connectivity index (χ4v) is 2.30. The van der Waals surface area contributed by atoms with Gasteiger partial charge in [0.05, 0.1) is 9.40 Å². The molecule has 0 spiro atoms. The van der Waals surface area contributed by atoms with Crippen molar-refractivity contribution >= 4 is 21.6 Å². The molecule has 0 unspecified atom stereocenters. The second-order valence-corrected chi connectivity index (χ2v) is 5.10. The van der Waals surface area contributed by atoms with Crippen molar-refractivity contribution in [2.24, 2.45) is 0 Å². The molecule has 21 heavy (non-hydrogen) atoms. The molecule has 0 heterocycles. The van der Waals surface area contributed by atoms with E-state index in [9.17, 15) is 14.5 Å². The smallest absolute Gasteiger partial charge is 0.314 e. The van der Waals surface area contributed by atoms with Crippen LogP contribution in [0.3, 0.4) is 0 Å². The summed E-state index contributed by atoms with van der Waals surface area (Å²) in [4.78, 5) is 10.2. The minimum absolute atomic E-state index is 0.308. The van der Waals surface area contributed by atoms with Crippen LogP contribution in [0.15, 0.2) is 40.9 Å². The van der Waals surface area contributed by atoms with Gasteiger partial charge in [0.1, 0.15) is 5.75 Å². The number of para-hydroxylation sites is 1. The zero-order chi connectivity index (χ0) is 15.4. The van der Waals surface area contributed by atoms with E-state index in [-0.39, 0.29) is 0 Å². The summed E-state index contributed by atoms with van der Waals surface area (Å²) in [5, 5.41) is 13.9. The highest BCUT2D eigenvalue weighted by molar-refractivity contribution is 9.10. The molecule has 0 saturated carbocycles. The third-order valence-electron chi connectivity index (χ3n) is 2.73. The predicted octanol–water partition coefficient (Wildman–Crippen LogP) is 4.01. The van der Waals surface area contributed by atoms with Gasteiger partial charge in [0.15, 0.2) is 5.82 Å². The summed E-state index contributed by atoms with van der Waals surface area (Å²) in [6.45, 7) is 0.665. The average Bonchev–Trinajstić information content (AvgIpc) is 2.43. The van der Waals surface area contributed by atoms with Crippen molar-refractivity contribution in [3.05, 3.63) is 62.4 Å². The lowest BCUT2D eigenvalue weighted by Crippen LogP contribution is -2.05. The minimum Gasteiger partial charge on any atom is -0.446 e. The van der Waals surface area contributed by atoms with E-state index in [2.05, 4.69) is 21.2 Å². The van der Waals surface area contributed by atoms with Crippen LogP contribution in [0.2, 0.25) is 0 Å². The number of nitrogens with one attached hydrogen (secondary N) is 1. The highest BCUT2D eigenvalue weighted by atomic mass is 79.9. The Bertz CT molecular complexity index is 679. The highest BCUT2D eigenvalue weighted by Gasteiger charge is 2.21. The van der Waals surface area contributed by atoms with Crippen LogP contribution in [-0.4, -0.2) is 12.0 Å². The maximum atomic E-state index is 13.8. The van der Waals surface area contributed by atoms with Crippen LogP contribution >= 0.6 is 15.9 Å². The van der Waals surface area contributed by atoms with E-state index in [1.54, 1.807) is 18.2 Å². The zero-order valence-electron chi connectivity index (χ0n) is 11.1. The molecule has 0 radical (unpaired) electrons. The first-order chi connectivity index (χ1) is 10.0. The number of benzene rings is 2. The van der Waals surface area contributed by atoms with E-state index in [1.165, 1.54) is 12.1 Å². The standard InChI is InChI=1S/C14H12BrFN2O3/c1-17-8-9-5-6-13(10(15)7-9)21-14-11(16)3-2-4-12(14)18(19)20/h2-7,17H,8H2,1H3. The Morgan fingerprint density at radius 2 is 2.14 bits per heavy atom. The molecule has 0 fully saturated rings. The molecule has 0 aliphatic heterocycles. The monoisotopic (exact) mass is 354 g/mol. The number of nitro benzene ring substituents is 1. The molecule has 0 amide bonds. The Balaban J connectivity index is 2.37. The number of hydrogen-bond acceptors (Lipinski definition) is 4. The number of ether oxygens (including phenoxy) is 1. The third kappa shape index (κ3) is 3.56. The molecular weight excluding hydrogens is 343 g/mol. The fourth-order valence-electron chi connectivity index (χ4n) is 1.79. The van der Waals surface area contributed by atoms with E-state index in [4.69, 9.17) is 4.74 Å². The average molecular weight is 355 g/mol. The lowest BCUT2D eigenvalue weighted by atomic mass is 10.2. The second-order valence-electron chi connectivity index (χ2n) is 4.24. The molecule has 0 bridgehead atoms. The quantitative estimate of drug-likeness (QED) is 0.650. The summed E-state index contributed by atoms with van der Waals surface area (Å²) >= 11 is 3.32. The van der Waals surface area contributed by atoms with Gasteiger partial charge in [-0.25, -0.2) is 4.39 Å². The van der Waals surface area contributed by atoms with Crippen LogP contribution in [0.4, 0.5) is 10.1 Å². The van der Waals surface area contributed by atoms with Gasteiger partial charge in [0.2, 0.25) is 5.75 Å². The van der Waals surface area contributed by atoms with Crippen molar-refractivity contribution in [2.75, 3.05) is 7.05 Å². The van der Waals surface area contributed by atoms with Gasteiger partial charge >= 0.3 is 5.69 Å². The van der Waals surface area contributed by atoms with Crippen LogP contribution in [0.1, 0.15) is 5.56 Å². The molecule has 2 aromatic carbocycles. The van der Waals surface area contributed by atoms with E-state index in [1.807, 2.05) is 7.05 Å². The third-order valence-corrected chi connectivity index (χ3v) is 3.35. The van der Waals surface area contributed by atoms with Crippen LogP contribution < -0.4 is 10.1 Å². The Kier molecular flexibility index (Phi) is 4.87. The summed E-state index contributed by atoms with van der Waals surface area (Å²) in [7, 11) is 1.82. The summed E-state index contributed by atoms with van der Waals surface area (Å²) in [6.07, 6.45) is 0. The Labute approximate surface area is 129 Å². The van der Waals surface area contributed by atoms with Crippen molar-refractivity contribution in [3.8, 4) is 11.5 Å². The van der Waals surface area contributed by atoms with Gasteiger partial charge in [-0.15, -0.1) is 0 Å². The molecule has 1 N–H and O–H groups in total. The summed E-state index contributed by atoms with van der Waals surface area (Å²) < 4.78 is 19.7. The van der Waals surface area contributed by atoms with Crippen molar-refractivity contribution in [2.45, 2.75) is 6.54 Å². The molecule has 0 saturated heterocycles. The molecular formula is C14H12BrFN2O3. The number of halogens is 2. The van der Waals surface area contributed by atoms with Gasteiger partial charge in [-0.3, -0.25) is 10.1 Å². The highest BCUT2D eigenvalue weighted by Crippen LogP contribution is 2.37. The predicted molar refractivity (Wildman–Crippen MR) is 80.0 cm³/mol. The van der Waals surface area contributed by atoms with E-state index in [0.717, 1.165) is 11.6 Å². The SMILES string of the molecule is CNCc1ccc(Oc2c(F)cccc2[N+](=O)[O-])c(Br)c1. The van der Waals surface area contributed by atoms with Crippen LogP contribution in [0.25, 0.3) is 0 Å². The molecule has 2 aromatic rings. The molecule has 7 heteroatoms. The number of nitro groups is 1. The van der Waals surface area contributed by atoms with Crippen LogP contribution in [0.5, 0.6) is 11.5 Å². The van der Waals surface area contributed by atoms with Crippen molar-refractivity contribution in [1.82, 2.24) is 5.32 Å². The fraction of sp³-hybridized carbons (Fsp3) is 0.143. The first-order valence-corrected chi connectivity index (χ1v) is 6.86. The second kappa shape index (κ2) is 6.64.